The number of piperidine rings is 1. The second-order valence-corrected chi connectivity index (χ2v) is 9.19. The van der Waals surface area contributed by atoms with Gasteiger partial charge in [-0.25, -0.2) is 13.6 Å². The number of hydrogen-bond donors (Lipinski definition) is 0. The minimum absolute atomic E-state index is 0. The summed E-state index contributed by atoms with van der Waals surface area (Å²) in [7, 11) is 4.52. The Hall–Kier alpha value is -1.51. The molecule has 3 heterocycles. The molecule has 3 atom stereocenters. The molecule has 1 unspecified atom stereocenters. The standard InChI is InChI=1S/C21H25F2N2O2S.BrH/c1-25(2)16-7-8-17(25)12-18(11-16)27-21(26)24(20-4-3-9-28-20)13-14-5-6-15(22)10-19(14)23;/h3-6,9-10,16-18H,7-8,11-13H2,1-2H3;1H/q+1;/p-1/t16-,17+,18?;. The number of thiophene rings is 1. The summed E-state index contributed by atoms with van der Waals surface area (Å²) < 4.78 is 34.3. The van der Waals surface area contributed by atoms with Crippen molar-refractivity contribution < 1.29 is 39.8 Å². The summed E-state index contributed by atoms with van der Waals surface area (Å²) in [5, 5.41) is 2.54. The lowest BCUT2D eigenvalue weighted by atomic mass is 9.98. The van der Waals surface area contributed by atoms with Gasteiger partial charge >= 0.3 is 6.09 Å². The minimum Gasteiger partial charge on any atom is -1.00 e. The lowest BCUT2D eigenvalue weighted by molar-refractivity contribution is -0.931. The van der Waals surface area contributed by atoms with Gasteiger partial charge in [0.25, 0.3) is 0 Å². The van der Waals surface area contributed by atoms with Gasteiger partial charge in [0.2, 0.25) is 0 Å². The summed E-state index contributed by atoms with van der Waals surface area (Å²) in [5.74, 6) is -1.30. The minimum atomic E-state index is -0.663. The molecule has 1 aromatic heterocycles. The van der Waals surface area contributed by atoms with Gasteiger partial charge in [-0.1, -0.05) is 6.07 Å². The van der Waals surface area contributed by atoms with Gasteiger partial charge < -0.3 is 26.2 Å². The molecule has 2 fully saturated rings. The topological polar surface area (TPSA) is 29.5 Å². The number of quaternary nitrogens is 1. The van der Waals surface area contributed by atoms with Crippen molar-refractivity contribution in [3.05, 3.63) is 52.9 Å². The maximum atomic E-state index is 14.2. The van der Waals surface area contributed by atoms with Crippen LogP contribution in [0.4, 0.5) is 18.6 Å². The number of benzene rings is 1. The van der Waals surface area contributed by atoms with E-state index in [1.165, 1.54) is 41.2 Å². The van der Waals surface area contributed by atoms with Gasteiger partial charge in [-0.05, 0) is 23.6 Å². The first-order valence-electron chi connectivity index (χ1n) is 9.63. The molecule has 0 radical (unpaired) electrons. The van der Waals surface area contributed by atoms with Gasteiger partial charge in [0.05, 0.1) is 32.7 Å². The second-order valence-electron chi connectivity index (χ2n) is 8.26. The summed E-state index contributed by atoms with van der Waals surface area (Å²) in [5.41, 5.74) is 0.258. The van der Waals surface area contributed by atoms with Crippen LogP contribution in [0.25, 0.3) is 0 Å². The number of anilines is 1. The first kappa shape index (κ1) is 22.2. The van der Waals surface area contributed by atoms with Gasteiger partial charge in [0, 0.05) is 37.3 Å². The molecular weight excluding hydrogens is 462 g/mol. The normalized spacial score (nSPS) is 24.6. The van der Waals surface area contributed by atoms with Crippen LogP contribution in [0.5, 0.6) is 0 Å². The molecule has 4 nitrogen and oxygen atoms in total. The highest BCUT2D eigenvalue weighted by Gasteiger charge is 2.50. The molecule has 0 aliphatic carbocycles. The zero-order chi connectivity index (χ0) is 19.9. The number of hydrogen-bond acceptors (Lipinski definition) is 3. The lowest BCUT2D eigenvalue weighted by Crippen LogP contribution is -3.00. The first-order chi connectivity index (χ1) is 13.3. The van der Waals surface area contributed by atoms with Crippen molar-refractivity contribution in [2.24, 2.45) is 0 Å². The second kappa shape index (κ2) is 8.70. The van der Waals surface area contributed by atoms with Crippen LogP contribution in [-0.2, 0) is 11.3 Å². The smallest absolute Gasteiger partial charge is 0.415 e. The molecule has 0 spiro atoms. The van der Waals surface area contributed by atoms with E-state index in [1.807, 2.05) is 11.4 Å². The number of amides is 1. The molecule has 158 valence electrons. The van der Waals surface area contributed by atoms with Gasteiger partial charge in [0.1, 0.15) is 22.7 Å². The van der Waals surface area contributed by atoms with E-state index in [1.54, 1.807) is 6.07 Å². The van der Waals surface area contributed by atoms with E-state index < -0.39 is 17.7 Å². The number of carbonyl (C=O) groups excluding carboxylic acids is 1. The summed E-state index contributed by atoms with van der Waals surface area (Å²) in [4.78, 5) is 14.4. The zero-order valence-electron chi connectivity index (χ0n) is 16.5. The third-order valence-electron chi connectivity index (χ3n) is 6.39. The molecule has 4 rings (SSSR count). The SMILES string of the molecule is C[N+]1(C)[C@@H]2CC[C@H]1CC(OC(=O)N(Cc1ccc(F)cc1F)c1cccs1)C2.[Br-]. The largest absolute Gasteiger partial charge is 1.00 e. The molecule has 2 aromatic rings. The molecule has 1 aromatic carbocycles. The van der Waals surface area contributed by atoms with Crippen LogP contribution in [0.15, 0.2) is 35.7 Å². The Morgan fingerprint density at radius 3 is 2.48 bits per heavy atom. The van der Waals surface area contributed by atoms with Gasteiger partial charge in [-0.2, -0.15) is 0 Å². The monoisotopic (exact) mass is 486 g/mol. The maximum Gasteiger partial charge on any atom is 0.415 e. The Balaban J connectivity index is 0.00000240. The lowest BCUT2D eigenvalue weighted by Gasteiger charge is -2.44. The molecule has 0 saturated carbocycles. The number of rotatable bonds is 4. The van der Waals surface area contributed by atoms with Crippen LogP contribution in [0.1, 0.15) is 31.2 Å². The van der Waals surface area contributed by atoms with E-state index >= 15 is 0 Å². The highest BCUT2D eigenvalue weighted by molar-refractivity contribution is 7.14. The zero-order valence-corrected chi connectivity index (χ0v) is 18.9. The van der Waals surface area contributed by atoms with E-state index in [2.05, 4.69) is 14.1 Å². The Morgan fingerprint density at radius 2 is 1.90 bits per heavy atom. The van der Waals surface area contributed by atoms with E-state index in [4.69, 9.17) is 4.74 Å². The highest BCUT2D eigenvalue weighted by atomic mass is 79.9. The van der Waals surface area contributed by atoms with E-state index in [0.29, 0.717) is 17.1 Å². The number of fused-ring (bicyclic) bond motifs is 2. The van der Waals surface area contributed by atoms with Gasteiger partial charge in [-0.3, -0.25) is 4.90 Å². The van der Waals surface area contributed by atoms with Crippen LogP contribution in [0, 0.1) is 11.6 Å². The Bertz CT molecular complexity index is 846. The third-order valence-corrected chi connectivity index (χ3v) is 7.28. The molecule has 2 saturated heterocycles. The highest BCUT2D eigenvalue weighted by Crippen LogP contribution is 2.41. The fourth-order valence-electron chi connectivity index (χ4n) is 4.61. The molecule has 8 heteroatoms. The van der Waals surface area contributed by atoms with Crippen molar-refractivity contribution in [3.63, 3.8) is 0 Å². The van der Waals surface area contributed by atoms with Crippen LogP contribution < -0.4 is 21.9 Å². The van der Waals surface area contributed by atoms with E-state index in [-0.39, 0.29) is 35.2 Å². The maximum absolute atomic E-state index is 14.2. The predicted octanol–water partition coefficient (Wildman–Crippen LogP) is 1.94. The van der Waals surface area contributed by atoms with E-state index in [0.717, 1.165) is 23.4 Å². The van der Waals surface area contributed by atoms with Crippen LogP contribution in [0.3, 0.4) is 0 Å². The average Bonchev–Trinajstić information content (AvgIpc) is 3.17. The van der Waals surface area contributed by atoms with Crippen LogP contribution in [-0.4, -0.2) is 42.9 Å². The van der Waals surface area contributed by atoms with Gasteiger partial charge in [0.15, 0.2) is 0 Å². The average molecular weight is 487 g/mol. The molecule has 2 bridgehead atoms. The predicted molar refractivity (Wildman–Crippen MR) is 105 cm³/mol. The summed E-state index contributed by atoms with van der Waals surface area (Å²) >= 11 is 1.39. The van der Waals surface area contributed by atoms with Crippen molar-refractivity contribution >= 4 is 22.4 Å². The fourth-order valence-corrected chi connectivity index (χ4v) is 5.33. The number of nitrogens with zero attached hydrogens (tertiary/aromatic N) is 2. The Kier molecular flexibility index (Phi) is 6.65. The number of carbonyl (C=O) groups is 1. The van der Waals surface area contributed by atoms with Gasteiger partial charge in [-0.15, -0.1) is 11.3 Å². The first-order valence-corrected chi connectivity index (χ1v) is 10.5. The van der Waals surface area contributed by atoms with Crippen molar-refractivity contribution in [2.45, 2.75) is 50.4 Å². The Morgan fingerprint density at radius 1 is 1.21 bits per heavy atom. The van der Waals surface area contributed by atoms with Crippen LogP contribution in [0.2, 0.25) is 0 Å². The van der Waals surface area contributed by atoms with Crippen molar-refractivity contribution in [2.75, 3.05) is 19.0 Å². The van der Waals surface area contributed by atoms with Crippen LogP contribution >= 0.6 is 11.3 Å². The quantitative estimate of drug-likeness (QED) is 0.618. The molecule has 0 N–H and O–H groups in total. The Labute approximate surface area is 184 Å². The fraction of sp³-hybridized carbons (Fsp3) is 0.476. The molecule has 1 amide bonds. The van der Waals surface area contributed by atoms with Crippen molar-refractivity contribution in [1.29, 1.82) is 0 Å². The summed E-state index contributed by atoms with van der Waals surface area (Å²) in [6, 6.07) is 8.09. The van der Waals surface area contributed by atoms with E-state index in [9.17, 15) is 13.6 Å². The summed E-state index contributed by atoms with van der Waals surface area (Å²) in [6.45, 7) is 0.00654. The molecule has 29 heavy (non-hydrogen) atoms. The molecule has 2 aliphatic rings. The number of ether oxygens (including phenoxy) is 1. The molecule has 2 aliphatic heterocycles. The van der Waals surface area contributed by atoms with Crippen molar-refractivity contribution in [3.8, 4) is 0 Å². The number of halogens is 3. The third kappa shape index (κ3) is 4.49. The molecular formula is C21H25BrF2N2O2S. The van der Waals surface area contributed by atoms with Crippen molar-refractivity contribution in [1.82, 2.24) is 0 Å². The summed E-state index contributed by atoms with van der Waals surface area (Å²) in [6.07, 6.45) is 3.47.